The summed E-state index contributed by atoms with van der Waals surface area (Å²) in [6.07, 6.45) is 6.65. The number of hydrogen-bond acceptors (Lipinski definition) is 6. The minimum absolute atomic E-state index is 0.401. The number of hydrogen-bond donors (Lipinski definition) is 0. The fraction of sp³-hybridized carbons (Fsp3) is 0.913. The predicted octanol–water partition coefficient (Wildman–Crippen LogP) is 6.36. The van der Waals surface area contributed by atoms with Crippen molar-refractivity contribution in [3.8, 4) is 0 Å². The van der Waals surface area contributed by atoms with Crippen LogP contribution in [0.4, 0.5) is 0 Å². The molecule has 0 N–H and O–H groups in total. The first kappa shape index (κ1) is 29.7. The predicted molar refractivity (Wildman–Crippen MR) is 124 cm³/mol. The zero-order valence-electron chi connectivity index (χ0n) is 20.5. The van der Waals surface area contributed by atoms with E-state index in [0.717, 1.165) is 57.8 Å². The molecule has 0 amide bonds. The quantitative estimate of drug-likeness (QED) is 0.142. The molecule has 0 saturated carbocycles. The van der Waals surface area contributed by atoms with Gasteiger partial charge in [0.1, 0.15) is 0 Å². The van der Waals surface area contributed by atoms with Gasteiger partial charge in [-0.1, -0.05) is 67.4 Å². The van der Waals surface area contributed by atoms with E-state index in [9.17, 15) is 0 Å². The molecular formula is C23H48O6Si. The lowest BCUT2D eigenvalue weighted by Gasteiger charge is -2.36. The van der Waals surface area contributed by atoms with Gasteiger partial charge >= 0.3 is 8.80 Å². The van der Waals surface area contributed by atoms with Crippen LogP contribution < -0.4 is 0 Å². The molecular weight excluding hydrogens is 400 g/mol. The lowest BCUT2D eigenvalue weighted by molar-refractivity contribution is -0.189. The summed E-state index contributed by atoms with van der Waals surface area (Å²) in [7, 11) is -3.33. The van der Waals surface area contributed by atoms with Gasteiger partial charge in [-0.05, 0) is 44.2 Å². The maximum atomic E-state index is 6.44. The van der Waals surface area contributed by atoms with Gasteiger partial charge in [-0.25, -0.2) is 0 Å². The van der Waals surface area contributed by atoms with Gasteiger partial charge in [0.05, 0.1) is 0 Å². The molecule has 3 unspecified atom stereocenters. The Morgan fingerprint density at radius 1 is 0.567 bits per heavy atom. The SMILES string of the molecule is C=C[Si](OC(CCC)OCCC)(OC(CCC)OCCC)OC(CCC)OCCC. The van der Waals surface area contributed by atoms with Gasteiger partial charge in [0.25, 0.3) is 0 Å². The summed E-state index contributed by atoms with van der Waals surface area (Å²) in [4.78, 5) is 0. The summed E-state index contributed by atoms with van der Waals surface area (Å²) in [5.41, 5.74) is 1.70. The maximum Gasteiger partial charge on any atom is 0.534 e. The number of rotatable bonds is 22. The Balaban J connectivity index is 5.66. The third-order valence-corrected chi connectivity index (χ3v) is 6.51. The summed E-state index contributed by atoms with van der Waals surface area (Å²) in [5.74, 6) is 0. The molecule has 3 atom stereocenters. The highest BCUT2D eigenvalue weighted by atomic mass is 28.4. The lowest BCUT2D eigenvalue weighted by Crippen LogP contribution is -2.52. The Morgan fingerprint density at radius 2 is 0.867 bits per heavy atom. The highest BCUT2D eigenvalue weighted by Gasteiger charge is 2.45. The molecule has 0 spiro atoms. The van der Waals surface area contributed by atoms with Gasteiger partial charge in [0, 0.05) is 19.8 Å². The molecule has 0 aromatic rings. The van der Waals surface area contributed by atoms with E-state index in [4.69, 9.17) is 27.5 Å². The van der Waals surface area contributed by atoms with Crippen LogP contribution in [-0.2, 0) is 27.5 Å². The number of ether oxygens (including phenoxy) is 3. The largest absolute Gasteiger partial charge is 0.534 e. The Bertz CT molecular complexity index is 346. The normalized spacial score (nSPS) is 16.7. The van der Waals surface area contributed by atoms with Crippen molar-refractivity contribution in [2.24, 2.45) is 0 Å². The minimum Gasteiger partial charge on any atom is -0.354 e. The fourth-order valence-corrected chi connectivity index (χ4v) is 4.87. The van der Waals surface area contributed by atoms with Crippen LogP contribution in [0.1, 0.15) is 99.3 Å². The van der Waals surface area contributed by atoms with Gasteiger partial charge in [-0.15, -0.1) is 0 Å². The van der Waals surface area contributed by atoms with Crippen LogP contribution in [-0.4, -0.2) is 47.5 Å². The van der Waals surface area contributed by atoms with Gasteiger partial charge in [-0.3, -0.25) is 0 Å². The van der Waals surface area contributed by atoms with E-state index in [2.05, 4.69) is 48.1 Å². The second-order valence-corrected chi connectivity index (χ2v) is 9.75. The molecule has 0 bridgehead atoms. The van der Waals surface area contributed by atoms with Crippen LogP contribution in [0.5, 0.6) is 0 Å². The Labute approximate surface area is 187 Å². The van der Waals surface area contributed by atoms with Crippen molar-refractivity contribution in [2.75, 3.05) is 19.8 Å². The van der Waals surface area contributed by atoms with Crippen LogP contribution in [0.3, 0.4) is 0 Å². The molecule has 180 valence electrons. The van der Waals surface area contributed by atoms with Crippen molar-refractivity contribution in [1.29, 1.82) is 0 Å². The van der Waals surface area contributed by atoms with Gasteiger partial charge in [0.2, 0.25) is 0 Å². The fourth-order valence-electron chi connectivity index (χ4n) is 2.76. The van der Waals surface area contributed by atoms with Crippen molar-refractivity contribution in [3.05, 3.63) is 12.3 Å². The van der Waals surface area contributed by atoms with Crippen LogP contribution in [0.2, 0.25) is 0 Å². The highest BCUT2D eigenvalue weighted by Crippen LogP contribution is 2.25. The summed E-state index contributed by atoms with van der Waals surface area (Å²) in [5, 5.41) is 0. The van der Waals surface area contributed by atoms with Crippen LogP contribution in [0.15, 0.2) is 12.3 Å². The molecule has 0 aromatic heterocycles. The average molecular weight is 449 g/mol. The van der Waals surface area contributed by atoms with Gasteiger partial charge < -0.3 is 27.5 Å². The molecule has 0 aromatic carbocycles. The first-order chi connectivity index (χ1) is 14.5. The summed E-state index contributed by atoms with van der Waals surface area (Å²) < 4.78 is 37.2. The minimum atomic E-state index is -3.33. The van der Waals surface area contributed by atoms with E-state index in [-0.39, 0.29) is 0 Å². The molecule has 0 heterocycles. The lowest BCUT2D eigenvalue weighted by atomic mass is 10.3. The Hall–Kier alpha value is -0.283. The average Bonchev–Trinajstić information content (AvgIpc) is 2.74. The molecule has 0 aliphatic rings. The molecule has 0 aliphatic heterocycles. The van der Waals surface area contributed by atoms with E-state index in [1.165, 1.54) is 0 Å². The Morgan fingerprint density at radius 3 is 1.07 bits per heavy atom. The standard InChI is InChI=1S/C23H48O6Si/c1-8-15-21(24-18-11-4)27-30(14-7,28-22(16-9-2)25-19-12-5)29-23(17-10-3)26-20-13-6/h14,21-23H,7-13,15-20H2,1-6H3. The molecule has 6 nitrogen and oxygen atoms in total. The summed E-state index contributed by atoms with van der Waals surface area (Å²) >= 11 is 0. The van der Waals surface area contributed by atoms with E-state index in [0.29, 0.717) is 19.8 Å². The van der Waals surface area contributed by atoms with Crippen molar-refractivity contribution in [1.82, 2.24) is 0 Å². The van der Waals surface area contributed by atoms with Crippen molar-refractivity contribution < 1.29 is 27.5 Å². The monoisotopic (exact) mass is 448 g/mol. The molecule has 7 heteroatoms. The third kappa shape index (κ3) is 13.2. The first-order valence-corrected chi connectivity index (χ1v) is 13.9. The first-order valence-electron chi connectivity index (χ1n) is 12.1. The highest BCUT2D eigenvalue weighted by molar-refractivity contribution is 6.66. The molecule has 30 heavy (non-hydrogen) atoms. The summed E-state index contributed by atoms with van der Waals surface area (Å²) in [6.45, 7) is 18.5. The van der Waals surface area contributed by atoms with Gasteiger partial charge in [-0.2, -0.15) is 0 Å². The zero-order chi connectivity index (χ0) is 22.7. The molecule has 0 rings (SSSR count). The molecule has 0 radical (unpaired) electrons. The summed E-state index contributed by atoms with van der Waals surface area (Å²) in [6, 6.07) is 0. The van der Waals surface area contributed by atoms with E-state index < -0.39 is 27.7 Å². The molecule has 0 fully saturated rings. The van der Waals surface area contributed by atoms with E-state index in [1.54, 1.807) is 5.70 Å². The maximum absolute atomic E-state index is 6.44. The second-order valence-electron chi connectivity index (χ2n) is 7.43. The van der Waals surface area contributed by atoms with Gasteiger partial charge in [0.15, 0.2) is 18.9 Å². The van der Waals surface area contributed by atoms with Crippen LogP contribution >= 0.6 is 0 Å². The van der Waals surface area contributed by atoms with Crippen molar-refractivity contribution in [2.45, 2.75) is 118 Å². The van der Waals surface area contributed by atoms with Crippen molar-refractivity contribution >= 4 is 8.80 Å². The zero-order valence-corrected chi connectivity index (χ0v) is 21.5. The van der Waals surface area contributed by atoms with E-state index in [1.807, 2.05) is 0 Å². The molecule has 0 saturated heterocycles. The topological polar surface area (TPSA) is 55.4 Å². The van der Waals surface area contributed by atoms with Crippen LogP contribution in [0, 0.1) is 0 Å². The Kier molecular flexibility index (Phi) is 19.2. The third-order valence-electron chi connectivity index (χ3n) is 4.23. The second kappa shape index (κ2) is 19.4. The molecule has 0 aliphatic carbocycles. The van der Waals surface area contributed by atoms with Crippen LogP contribution in [0.25, 0.3) is 0 Å². The smallest absolute Gasteiger partial charge is 0.354 e. The van der Waals surface area contributed by atoms with E-state index >= 15 is 0 Å². The van der Waals surface area contributed by atoms with Crippen molar-refractivity contribution in [3.63, 3.8) is 0 Å².